The van der Waals surface area contributed by atoms with Gasteiger partial charge >= 0.3 is 0 Å². The van der Waals surface area contributed by atoms with Gasteiger partial charge in [0.25, 0.3) is 5.56 Å². The van der Waals surface area contributed by atoms with Crippen LogP contribution in [0.25, 0.3) is 0 Å². The number of nitrogens with zero attached hydrogens (tertiary/aromatic N) is 2. The van der Waals surface area contributed by atoms with Crippen LogP contribution in [0.4, 0.5) is 5.69 Å². The van der Waals surface area contributed by atoms with E-state index in [1.54, 1.807) is 6.20 Å². The van der Waals surface area contributed by atoms with Crippen molar-refractivity contribution in [1.82, 2.24) is 9.78 Å². The highest BCUT2D eigenvalue weighted by molar-refractivity contribution is 6.32. The molecule has 5 heteroatoms. The summed E-state index contributed by atoms with van der Waals surface area (Å²) in [6, 6.07) is 0. The Morgan fingerprint density at radius 3 is 2.87 bits per heavy atom. The molecule has 1 aromatic heterocycles. The van der Waals surface area contributed by atoms with Crippen molar-refractivity contribution in [3.05, 3.63) is 21.6 Å². The first-order chi connectivity index (χ1) is 7.20. The normalized spacial score (nSPS) is 10.3. The van der Waals surface area contributed by atoms with Crippen LogP contribution in [0.2, 0.25) is 5.02 Å². The molecule has 0 aromatic carbocycles. The van der Waals surface area contributed by atoms with Gasteiger partial charge < -0.3 is 5.32 Å². The third kappa shape index (κ3) is 2.96. The van der Waals surface area contributed by atoms with E-state index in [0.717, 1.165) is 19.4 Å². The molecule has 0 saturated carbocycles. The van der Waals surface area contributed by atoms with Crippen LogP contribution in [0.1, 0.15) is 26.7 Å². The van der Waals surface area contributed by atoms with Crippen molar-refractivity contribution < 1.29 is 0 Å². The van der Waals surface area contributed by atoms with Crippen molar-refractivity contribution in [2.45, 2.75) is 33.2 Å². The Hall–Kier alpha value is -1.03. The maximum absolute atomic E-state index is 11.7. The molecule has 0 saturated heterocycles. The highest BCUT2D eigenvalue weighted by Crippen LogP contribution is 2.14. The Morgan fingerprint density at radius 2 is 2.27 bits per heavy atom. The maximum atomic E-state index is 11.7. The van der Waals surface area contributed by atoms with Crippen molar-refractivity contribution in [2.75, 3.05) is 11.9 Å². The average Bonchev–Trinajstić information content (AvgIpc) is 2.24. The van der Waals surface area contributed by atoms with Crippen LogP contribution in [0.15, 0.2) is 11.0 Å². The Kier molecular flexibility index (Phi) is 4.62. The molecule has 0 aliphatic heterocycles. The van der Waals surface area contributed by atoms with Gasteiger partial charge in [0.1, 0.15) is 5.02 Å². The number of anilines is 1. The zero-order chi connectivity index (χ0) is 11.3. The van der Waals surface area contributed by atoms with E-state index in [4.69, 9.17) is 11.6 Å². The smallest absolute Gasteiger partial charge is 0.287 e. The van der Waals surface area contributed by atoms with E-state index in [9.17, 15) is 4.79 Å². The molecule has 0 aliphatic rings. The number of aromatic nitrogens is 2. The molecule has 0 unspecified atom stereocenters. The lowest BCUT2D eigenvalue weighted by Crippen LogP contribution is -2.24. The van der Waals surface area contributed by atoms with Gasteiger partial charge in [0.15, 0.2) is 0 Å². The van der Waals surface area contributed by atoms with E-state index in [-0.39, 0.29) is 10.6 Å². The number of hydrogen-bond donors (Lipinski definition) is 1. The quantitative estimate of drug-likeness (QED) is 0.842. The lowest BCUT2D eigenvalue weighted by Gasteiger charge is -2.08. The average molecular weight is 230 g/mol. The number of hydrogen-bond acceptors (Lipinski definition) is 3. The molecule has 0 atom stereocenters. The summed E-state index contributed by atoms with van der Waals surface area (Å²) in [6.45, 7) is 5.36. The molecule has 4 nitrogen and oxygen atoms in total. The van der Waals surface area contributed by atoms with Crippen LogP contribution in [-0.4, -0.2) is 16.3 Å². The number of aryl methyl sites for hydroxylation is 1. The fraction of sp³-hybridized carbons (Fsp3) is 0.600. The molecule has 1 rings (SSSR count). The largest absolute Gasteiger partial charge is 0.383 e. The summed E-state index contributed by atoms with van der Waals surface area (Å²) in [7, 11) is 0. The first-order valence-corrected chi connectivity index (χ1v) is 5.58. The molecule has 0 spiro atoms. The van der Waals surface area contributed by atoms with Crippen molar-refractivity contribution in [1.29, 1.82) is 0 Å². The van der Waals surface area contributed by atoms with E-state index in [0.29, 0.717) is 12.2 Å². The molecule has 0 fully saturated rings. The highest BCUT2D eigenvalue weighted by atomic mass is 35.5. The number of rotatable bonds is 5. The molecule has 0 amide bonds. The molecular formula is C10H16ClN3O. The molecule has 1 N–H and O–H groups in total. The second-order valence-electron chi connectivity index (χ2n) is 3.28. The summed E-state index contributed by atoms with van der Waals surface area (Å²) in [5.41, 5.74) is 0.389. The Balaban J connectivity index is 2.94. The number of unbranched alkanes of at least 4 members (excludes halogenated alkanes) is 1. The molecule has 15 heavy (non-hydrogen) atoms. The SMILES string of the molecule is CCCCn1ncc(NCC)c(Cl)c1=O. The summed E-state index contributed by atoms with van der Waals surface area (Å²) in [6.07, 6.45) is 3.56. The third-order valence-corrected chi connectivity index (χ3v) is 2.44. The number of halogens is 1. The molecule has 0 aliphatic carbocycles. The van der Waals surface area contributed by atoms with Crippen LogP contribution in [0.5, 0.6) is 0 Å². The van der Waals surface area contributed by atoms with E-state index >= 15 is 0 Å². The van der Waals surface area contributed by atoms with Crippen LogP contribution in [0.3, 0.4) is 0 Å². The molecule has 0 bridgehead atoms. The maximum Gasteiger partial charge on any atom is 0.287 e. The Morgan fingerprint density at radius 1 is 1.53 bits per heavy atom. The second-order valence-corrected chi connectivity index (χ2v) is 3.66. The van der Waals surface area contributed by atoms with Crippen molar-refractivity contribution in [3.8, 4) is 0 Å². The summed E-state index contributed by atoms with van der Waals surface area (Å²) in [4.78, 5) is 11.7. The van der Waals surface area contributed by atoms with Crippen LogP contribution < -0.4 is 10.9 Å². The minimum Gasteiger partial charge on any atom is -0.383 e. The first kappa shape index (κ1) is 12.0. The Bertz CT molecular complexity index is 375. The van der Waals surface area contributed by atoms with Crippen molar-refractivity contribution in [3.63, 3.8) is 0 Å². The monoisotopic (exact) mass is 229 g/mol. The molecule has 0 radical (unpaired) electrons. The zero-order valence-electron chi connectivity index (χ0n) is 9.09. The summed E-state index contributed by atoms with van der Waals surface area (Å²) >= 11 is 5.92. The molecule has 1 aromatic rings. The van der Waals surface area contributed by atoms with Gasteiger partial charge in [-0.3, -0.25) is 4.79 Å². The van der Waals surface area contributed by atoms with Gasteiger partial charge in [0.2, 0.25) is 0 Å². The Labute approximate surface area is 94.3 Å². The van der Waals surface area contributed by atoms with Crippen LogP contribution >= 0.6 is 11.6 Å². The predicted molar refractivity (Wildman–Crippen MR) is 62.6 cm³/mol. The topological polar surface area (TPSA) is 46.9 Å². The standard InChI is InChI=1S/C10H16ClN3O/c1-3-5-6-14-10(15)9(11)8(7-13-14)12-4-2/h7,12H,3-6H2,1-2H3. The second kappa shape index (κ2) is 5.75. The summed E-state index contributed by atoms with van der Waals surface area (Å²) in [5, 5.41) is 7.27. The zero-order valence-corrected chi connectivity index (χ0v) is 9.84. The van der Waals surface area contributed by atoms with Crippen molar-refractivity contribution in [2.24, 2.45) is 0 Å². The van der Waals surface area contributed by atoms with Gasteiger partial charge in [-0.15, -0.1) is 0 Å². The first-order valence-electron chi connectivity index (χ1n) is 5.20. The van der Waals surface area contributed by atoms with E-state index in [1.165, 1.54) is 4.68 Å². The molecule has 1 heterocycles. The molecule has 84 valence electrons. The lowest BCUT2D eigenvalue weighted by atomic mass is 10.3. The predicted octanol–water partition coefficient (Wildman–Crippen LogP) is 2.13. The van der Waals surface area contributed by atoms with Crippen LogP contribution in [0, 0.1) is 0 Å². The van der Waals surface area contributed by atoms with Gasteiger partial charge in [-0.05, 0) is 13.3 Å². The summed E-state index contributed by atoms with van der Waals surface area (Å²) < 4.78 is 1.41. The minimum absolute atomic E-state index is 0.219. The molecular weight excluding hydrogens is 214 g/mol. The van der Waals surface area contributed by atoms with Crippen molar-refractivity contribution >= 4 is 17.3 Å². The minimum atomic E-state index is -0.219. The van der Waals surface area contributed by atoms with Gasteiger partial charge in [-0.2, -0.15) is 5.10 Å². The van der Waals surface area contributed by atoms with Gasteiger partial charge in [-0.25, -0.2) is 4.68 Å². The number of nitrogens with one attached hydrogen (secondary N) is 1. The fourth-order valence-corrected chi connectivity index (χ4v) is 1.46. The van der Waals surface area contributed by atoms with E-state index in [1.807, 2.05) is 6.92 Å². The fourth-order valence-electron chi connectivity index (χ4n) is 1.25. The van der Waals surface area contributed by atoms with Gasteiger partial charge in [-0.1, -0.05) is 24.9 Å². The summed E-state index contributed by atoms with van der Waals surface area (Å²) in [5.74, 6) is 0. The van der Waals surface area contributed by atoms with Gasteiger partial charge in [0, 0.05) is 13.1 Å². The van der Waals surface area contributed by atoms with Gasteiger partial charge in [0.05, 0.1) is 11.9 Å². The highest BCUT2D eigenvalue weighted by Gasteiger charge is 2.07. The van der Waals surface area contributed by atoms with E-state index in [2.05, 4.69) is 17.3 Å². The van der Waals surface area contributed by atoms with E-state index < -0.39 is 0 Å². The third-order valence-electron chi connectivity index (χ3n) is 2.08. The lowest BCUT2D eigenvalue weighted by molar-refractivity contribution is 0.543. The van der Waals surface area contributed by atoms with Crippen LogP contribution in [-0.2, 0) is 6.54 Å².